The number of fused-ring (bicyclic) bond motifs is 1. The smallest absolute Gasteiger partial charge is 0.142 e. The van der Waals surface area contributed by atoms with E-state index in [9.17, 15) is 9.90 Å². The van der Waals surface area contributed by atoms with Gasteiger partial charge in [-0.2, -0.15) is 0 Å². The molecule has 0 saturated heterocycles. The van der Waals surface area contributed by atoms with Crippen LogP contribution in [0.3, 0.4) is 0 Å². The van der Waals surface area contributed by atoms with Crippen molar-refractivity contribution in [3.8, 4) is 0 Å². The second kappa shape index (κ2) is 6.56. The first-order valence-electron chi connectivity index (χ1n) is 10.0. The van der Waals surface area contributed by atoms with Crippen molar-refractivity contribution in [2.24, 2.45) is 11.3 Å². The number of carbonyl (C=O) groups excluding carboxylic acids is 1. The minimum Gasteiger partial charge on any atom is -0.388 e. The van der Waals surface area contributed by atoms with Gasteiger partial charge in [0.05, 0.1) is 11.0 Å². The lowest BCUT2D eigenvalue weighted by Crippen LogP contribution is -2.52. The van der Waals surface area contributed by atoms with E-state index in [0.717, 1.165) is 22.3 Å². The number of benzene rings is 2. The minimum atomic E-state index is -1.08. The molecular formula is C26H28O2. The lowest BCUT2D eigenvalue weighted by atomic mass is 9.59. The highest BCUT2D eigenvalue weighted by atomic mass is 16.3. The molecule has 2 aliphatic carbocycles. The van der Waals surface area contributed by atoms with Gasteiger partial charge in [0.15, 0.2) is 0 Å². The monoisotopic (exact) mass is 372 g/mol. The SMILES string of the molecule is C=C(c1ccccc1)[C@@H]1C=C(c2cc(C)cc(C)c2)C[C@@]2(C)C(=O)CC[C@@]12O. The molecule has 144 valence electrons. The molecule has 0 aliphatic heterocycles. The van der Waals surface area contributed by atoms with E-state index in [4.69, 9.17) is 0 Å². The van der Waals surface area contributed by atoms with Crippen LogP contribution in [0, 0.1) is 25.2 Å². The van der Waals surface area contributed by atoms with E-state index in [-0.39, 0.29) is 11.7 Å². The van der Waals surface area contributed by atoms with Gasteiger partial charge in [-0.15, -0.1) is 0 Å². The molecule has 0 aromatic heterocycles. The van der Waals surface area contributed by atoms with Crippen LogP contribution in [0.15, 0.2) is 61.2 Å². The van der Waals surface area contributed by atoms with Crippen LogP contribution < -0.4 is 0 Å². The molecule has 2 heteroatoms. The molecule has 1 saturated carbocycles. The van der Waals surface area contributed by atoms with Gasteiger partial charge in [0.1, 0.15) is 5.78 Å². The number of Topliss-reactive ketones (excluding diaryl/α,β-unsaturated/α-hetero) is 1. The Morgan fingerprint density at radius 2 is 1.75 bits per heavy atom. The Labute approximate surface area is 167 Å². The highest BCUT2D eigenvalue weighted by molar-refractivity contribution is 5.93. The largest absolute Gasteiger partial charge is 0.388 e. The van der Waals surface area contributed by atoms with Crippen LogP contribution in [0.1, 0.15) is 48.4 Å². The fourth-order valence-electron chi connectivity index (χ4n) is 5.21. The second-order valence-electron chi connectivity index (χ2n) is 8.79. The maximum Gasteiger partial charge on any atom is 0.142 e. The molecule has 2 aliphatic rings. The zero-order valence-electron chi connectivity index (χ0n) is 17.0. The number of allylic oxidation sites excluding steroid dienone is 1. The molecule has 2 aromatic carbocycles. The molecule has 0 amide bonds. The molecule has 2 aromatic rings. The second-order valence-corrected chi connectivity index (χ2v) is 8.79. The van der Waals surface area contributed by atoms with Crippen molar-refractivity contribution < 1.29 is 9.90 Å². The van der Waals surface area contributed by atoms with Gasteiger partial charge in [-0.1, -0.05) is 72.3 Å². The van der Waals surface area contributed by atoms with E-state index in [1.807, 2.05) is 37.3 Å². The quantitative estimate of drug-likeness (QED) is 0.770. The summed E-state index contributed by atoms with van der Waals surface area (Å²) in [7, 11) is 0. The third-order valence-electron chi connectivity index (χ3n) is 6.84. The van der Waals surface area contributed by atoms with Gasteiger partial charge in [-0.25, -0.2) is 0 Å². The average Bonchev–Trinajstić information content (AvgIpc) is 2.90. The van der Waals surface area contributed by atoms with Gasteiger partial charge in [0.25, 0.3) is 0 Å². The first kappa shape index (κ1) is 18.9. The maximum atomic E-state index is 12.9. The zero-order chi connectivity index (χ0) is 20.1. The van der Waals surface area contributed by atoms with Crippen molar-refractivity contribution in [3.63, 3.8) is 0 Å². The average molecular weight is 373 g/mol. The minimum absolute atomic E-state index is 0.163. The predicted octanol–water partition coefficient (Wildman–Crippen LogP) is 5.52. The van der Waals surface area contributed by atoms with Crippen LogP contribution in [-0.2, 0) is 4.79 Å². The van der Waals surface area contributed by atoms with Gasteiger partial charge in [-0.3, -0.25) is 4.79 Å². The van der Waals surface area contributed by atoms with Crippen LogP contribution in [-0.4, -0.2) is 16.5 Å². The van der Waals surface area contributed by atoms with E-state index < -0.39 is 11.0 Å². The highest BCUT2D eigenvalue weighted by Crippen LogP contribution is 2.58. The van der Waals surface area contributed by atoms with Crippen molar-refractivity contribution in [1.29, 1.82) is 0 Å². The molecule has 28 heavy (non-hydrogen) atoms. The third kappa shape index (κ3) is 2.79. The van der Waals surface area contributed by atoms with Crippen molar-refractivity contribution in [1.82, 2.24) is 0 Å². The molecule has 0 heterocycles. The fraction of sp³-hybridized carbons (Fsp3) is 0.346. The van der Waals surface area contributed by atoms with Gasteiger partial charge in [0.2, 0.25) is 0 Å². The first-order chi connectivity index (χ1) is 13.2. The summed E-state index contributed by atoms with van der Waals surface area (Å²) < 4.78 is 0. The van der Waals surface area contributed by atoms with Crippen LogP contribution >= 0.6 is 0 Å². The Balaban J connectivity index is 1.87. The van der Waals surface area contributed by atoms with Crippen LogP contribution in [0.25, 0.3) is 11.1 Å². The lowest BCUT2D eigenvalue weighted by Gasteiger charge is -2.47. The fourth-order valence-corrected chi connectivity index (χ4v) is 5.21. The van der Waals surface area contributed by atoms with E-state index in [0.29, 0.717) is 19.3 Å². The molecule has 2 nitrogen and oxygen atoms in total. The van der Waals surface area contributed by atoms with Gasteiger partial charge in [-0.05, 0) is 55.9 Å². The molecule has 1 N–H and O–H groups in total. The van der Waals surface area contributed by atoms with Crippen molar-refractivity contribution >= 4 is 16.9 Å². The number of carbonyl (C=O) groups is 1. The Hall–Kier alpha value is -2.45. The summed E-state index contributed by atoms with van der Waals surface area (Å²) in [6.07, 6.45) is 3.67. The maximum absolute atomic E-state index is 12.9. The number of aliphatic hydroxyl groups is 1. The highest BCUT2D eigenvalue weighted by Gasteiger charge is 2.62. The van der Waals surface area contributed by atoms with E-state index in [2.05, 4.69) is 44.7 Å². The topological polar surface area (TPSA) is 37.3 Å². The van der Waals surface area contributed by atoms with Crippen LogP contribution in [0.5, 0.6) is 0 Å². The first-order valence-corrected chi connectivity index (χ1v) is 10.0. The van der Waals surface area contributed by atoms with Crippen molar-refractivity contribution in [2.45, 2.75) is 45.6 Å². The van der Waals surface area contributed by atoms with Crippen molar-refractivity contribution in [2.75, 3.05) is 0 Å². The summed E-state index contributed by atoms with van der Waals surface area (Å²) in [6, 6.07) is 16.5. The molecule has 4 rings (SSSR count). The third-order valence-corrected chi connectivity index (χ3v) is 6.84. The number of rotatable bonds is 3. The van der Waals surface area contributed by atoms with Gasteiger partial charge >= 0.3 is 0 Å². The number of ketones is 1. The number of hydrogen-bond acceptors (Lipinski definition) is 2. The van der Waals surface area contributed by atoms with E-state index in [1.54, 1.807) is 0 Å². The summed E-state index contributed by atoms with van der Waals surface area (Å²) >= 11 is 0. The van der Waals surface area contributed by atoms with Crippen LogP contribution in [0.4, 0.5) is 0 Å². The molecule has 3 atom stereocenters. The molecule has 1 fully saturated rings. The molecule has 0 bridgehead atoms. The van der Waals surface area contributed by atoms with Crippen LogP contribution in [0.2, 0.25) is 0 Å². The predicted molar refractivity (Wildman–Crippen MR) is 115 cm³/mol. The van der Waals surface area contributed by atoms with E-state index >= 15 is 0 Å². The molecule has 0 unspecified atom stereocenters. The Bertz CT molecular complexity index is 964. The summed E-state index contributed by atoms with van der Waals surface area (Å²) in [5.41, 5.74) is 4.72. The number of aryl methyl sites for hydroxylation is 2. The molecule has 0 spiro atoms. The summed E-state index contributed by atoms with van der Waals surface area (Å²) in [6.45, 7) is 10.5. The van der Waals surface area contributed by atoms with Gasteiger partial charge < -0.3 is 5.11 Å². The zero-order valence-corrected chi connectivity index (χ0v) is 17.0. The molecular weight excluding hydrogens is 344 g/mol. The molecule has 0 radical (unpaired) electrons. The standard InChI is InChI=1S/C26H28O2/c1-17-12-18(2)14-21(13-17)22-15-23(19(3)20-8-6-5-7-9-20)26(28)11-10-24(27)25(26,4)16-22/h5-9,12-15,23,28H,3,10-11,16H2,1-2,4H3/t23-,25-,26+/m0/s1. The van der Waals surface area contributed by atoms with Gasteiger partial charge in [0, 0.05) is 12.3 Å². The lowest BCUT2D eigenvalue weighted by molar-refractivity contribution is -0.137. The van der Waals surface area contributed by atoms with E-state index in [1.165, 1.54) is 11.1 Å². The Kier molecular flexibility index (Phi) is 4.43. The Morgan fingerprint density at radius 3 is 2.39 bits per heavy atom. The summed E-state index contributed by atoms with van der Waals surface area (Å²) in [5.74, 6) is -0.119. The summed E-state index contributed by atoms with van der Waals surface area (Å²) in [4.78, 5) is 12.9. The normalized spacial score (nSPS) is 29.4. The summed E-state index contributed by atoms with van der Waals surface area (Å²) in [5, 5.41) is 11.8. The number of hydrogen-bond donors (Lipinski definition) is 1. The van der Waals surface area contributed by atoms with Crippen molar-refractivity contribution in [3.05, 3.63) is 83.4 Å². The Morgan fingerprint density at radius 1 is 1.11 bits per heavy atom.